The van der Waals surface area contributed by atoms with E-state index in [4.69, 9.17) is 10.5 Å². The molecule has 0 fully saturated rings. The smallest absolute Gasteiger partial charge is 0.296 e. The summed E-state index contributed by atoms with van der Waals surface area (Å²) in [6.07, 6.45) is 3.67. The van der Waals surface area contributed by atoms with Crippen LogP contribution in [0.1, 0.15) is 21.5 Å². The van der Waals surface area contributed by atoms with Crippen molar-refractivity contribution in [3.63, 3.8) is 0 Å². The number of carbonyl (C=O) groups is 3. The standard InChI is InChI=1S/C16H13N3O6S2/c1-25-14-9(2-3-11(17)20)8(6-10-12(14)19-15(22)13(10)21)7-27(23,24)16-18-4-5-26-16/h2-6H,7H2,1H3,(H2,17,20)(H,19,21,22)/b3-2+. The van der Waals surface area contributed by atoms with Gasteiger partial charge in [-0.3, -0.25) is 14.4 Å². The summed E-state index contributed by atoms with van der Waals surface area (Å²) in [5, 5.41) is 3.91. The number of carbonyl (C=O) groups excluding carboxylic acids is 3. The predicted molar refractivity (Wildman–Crippen MR) is 97.2 cm³/mol. The van der Waals surface area contributed by atoms with Crippen molar-refractivity contribution in [3.8, 4) is 5.75 Å². The van der Waals surface area contributed by atoms with Gasteiger partial charge in [0.2, 0.25) is 20.1 Å². The van der Waals surface area contributed by atoms with Crippen molar-refractivity contribution in [3.05, 3.63) is 40.4 Å². The van der Waals surface area contributed by atoms with Gasteiger partial charge in [0.1, 0.15) is 0 Å². The zero-order chi connectivity index (χ0) is 19.8. The van der Waals surface area contributed by atoms with Gasteiger partial charge in [-0.05, 0) is 17.7 Å². The molecule has 0 bridgehead atoms. The van der Waals surface area contributed by atoms with Gasteiger partial charge in [-0.2, -0.15) is 0 Å². The first-order valence-electron chi connectivity index (χ1n) is 7.44. The van der Waals surface area contributed by atoms with Crippen LogP contribution in [-0.4, -0.2) is 38.1 Å². The number of benzene rings is 1. The van der Waals surface area contributed by atoms with Crippen LogP contribution in [0.15, 0.2) is 28.1 Å². The molecule has 1 aromatic heterocycles. The lowest BCUT2D eigenvalue weighted by Crippen LogP contribution is -2.12. The van der Waals surface area contributed by atoms with Crippen molar-refractivity contribution >= 4 is 50.5 Å². The quantitative estimate of drug-likeness (QED) is 0.531. The Morgan fingerprint density at radius 1 is 1.41 bits per heavy atom. The number of ketones is 1. The van der Waals surface area contributed by atoms with Crippen LogP contribution in [0.25, 0.3) is 6.08 Å². The molecule has 3 rings (SSSR count). The number of nitrogens with zero attached hydrogens (tertiary/aromatic N) is 1. The van der Waals surface area contributed by atoms with Gasteiger partial charge in [-0.1, -0.05) is 0 Å². The summed E-state index contributed by atoms with van der Waals surface area (Å²) < 4.78 is 30.4. The zero-order valence-corrected chi connectivity index (χ0v) is 15.5. The number of fused-ring (bicyclic) bond motifs is 1. The molecule has 0 atom stereocenters. The van der Waals surface area contributed by atoms with Crippen molar-refractivity contribution in [2.75, 3.05) is 12.4 Å². The third kappa shape index (κ3) is 3.46. The van der Waals surface area contributed by atoms with Gasteiger partial charge >= 0.3 is 0 Å². The lowest BCUT2D eigenvalue weighted by molar-refractivity contribution is -0.113. The summed E-state index contributed by atoms with van der Waals surface area (Å²) in [4.78, 5) is 38.7. The Labute approximate surface area is 157 Å². The molecule has 0 saturated heterocycles. The number of sulfone groups is 1. The maximum Gasteiger partial charge on any atom is 0.296 e. The Morgan fingerprint density at radius 3 is 2.74 bits per heavy atom. The van der Waals surface area contributed by atoms with E-state index in [-0.39, 0.29) is 32.5 Å². The number of nitrogens with one attached hydrogen (secondary N) is 1. The van der Waals surface area contributed by atoms with Gasteiger partial charge in [0.05, 0.1) is 24.1 Å². The molecule has 27 heavy (non-hydrogen) atoms. The lowest BCUT2D eigenvalue weighted by Gasteiger charge is -2.15. The van der Waals surface area contributed by atoms with Crippen LogP contribution < -0.4 is 15.8 Å². The molecule has 1 aliphatic rings. The molecule has 9 nitrogen and oxygen atoms in total. The minimum Gasteiger partial charge on any atom is -0.494 e. The highest BCUT2D eigenvalue weighted by atomic mass is 32.2. The van der Waals surface area contributed by atoms with Crippen LogP contribution in [-0.2, 0) is 25.2 Å². The van der Waals surface area contributed by atoms with Gasteiger partial charge in [-0.25, -0.2) is 13.4 Å². The van der Waals surface area contributed by atoms with E-state index in [1.165, 1.54) is 30.8 Å². The van der Waals surface area contributed by atoms with E-state index in [0.717, 1.165) is 17.4 Å². The van der Waals surface area contributed by atoms with Crippen molar-refractivity contribution < 1.29 is 27.5 Å². The summed E-state index contributed by atoms with van der Waals surface area (Å²) in [6, 6.07) is 1.30. The number of hydrogen-bond donors (Lipinski definition) is 2. The molecular formula is C16H13N3O6S2. The van der Waals surface area contributed by atoms with E-state index in [1.807, 2.05) is 0 Å². The molecule has 140 valence electrons. The Bertz CT molecular complexity index is 1090. The number of nitrogens with two attached hydrogens (primary N) is 1. The average molecular weight is 407 g/mol. The molecule has 0 radical (unpaired) electrons. The zero-order valence-electron chi connectivity index (χ0n) is 13.9. The van der Waals surface area contributed by atoms with Gasteiger partial charge in [0.15, 0.2) is 5.75 Å². The number of anilines is 1. The van der Waals surface area contributed by atoms with E-state index in [1.54, 1.807) is 0 Å². The van der Waals surface area contributed by atoms with Crippen molar-refractivity contribution in [2.24, 2.45) is 5.73 Å². The van der Waals surface area contributed by atoms with Crippen molar-refractivity contribution in [1.29, 1.82) is 0 Å². The lowest BCUT2D eigenvalue weighted by atomic mass is 10.00. The first-order valence-corrected chi connectivity index (χ1v) is 9.97. The second kappa shape index (κ2) is 6.93. The molecule has 1 aliphatic heterocycles. The molecule has 0 spiro atoms. The minimum atomic E-state index is -3.82. The normalized spacial score (nSPS) is 13.7. The summed E-state index contributed by atoms with van der Waals surface area (Å²) in [5.74, 6) is -2.86. The van der Waals surface area contributed by atoms with E-state index in [0.29, 0.717) is 0 Å². The number of primary amides is 1. The highest BCUT2D eigenvalue weighted by Gasteiger charge is 2.34. The number of Topliss-reactive ketones (excluding diaryl/α,β-unsaturated/α-hetero) is 1. The highest BCUT2D eigenvalue weighted by molar-refractivity contribution is 7.92. The fourth-order valence-corrected chi connectivity index (χ4v) is 4.92. The van der Waals surface area contributed by atoms with Crippen LogP contribution in [0.5, 0.6) is 5.75 Å². The summed E-state index contributed by atoms with van der Waals surface area (Å²) >= 11 is 0.954. The second-order valence-corrected chi connectivity index (χ2v) is 8.54. The fourth-order valence-electron chi connectivity index (χ4n) is 2.63. The number of aromatic nitrogens is 1. The van der Waals surface area contributed by atoms with Crippen LogP contribution >= 0.6 is 11.3 Å². The summed E-state index contributed by atoms with van der Waals surface area (Å²) in [5.41, 5.74) is 5.62. The van der Waals surface area contributed by atoms with Crippen LogP contribution in [0, 0.1) is 0 Å². The predicted octanol–water partition coefficient (Wildman–Crippen LogP) is 0.759. The van der Waals surface area contributed by atoms with E-state index in [9.17, 15) is 22.8 Å². The number of amides is 2. The third-order valence-corrected chi connectivity index (χ3v) is 6.68. The highest BCUT2D eigenvalue weighted by Crippen LogP contribution is 2.40. The second-order valence-electron chi connectivity index (χ2n) is 5.48. The monoisotopic (exact) mass is 407 g/mol. The molecule has 2 heterocycles. The maximum atomic E-state index is 12.6. The molecule has 11 heteroatoms. The molecule has 0 unspecified atom stereocenters. The van der Waals surface area contributed by atoms with Gasteiger partial charge in [-0.15, -0.1) is 11.3 Å². The van der Waals surface area contributed by atoms with Crippen LogP contribution in [0.3, 0.4) is 0 Å². The number of hydrogen-bond acceptors (Lipinski definition) is 8. The Morgan fingerprint density at radius 2 is 2.15 bits per heavy atom. The molecule has 2 aromatic rings. The fraction of sp³-hybridized carbons (Fsp3) is 0.125. The summed E-state index contributed by atoms with van der Waals surface area (Å²) in [7, 11) is -2.52. The van der Waals surface area contributed by atoms with Crippen molar-refractivity contribution in [2.45, 2.75) is 10.1 Å². The van der Waals surface area contributed by atoms with Crippen LogP contribution in [0.2, 0.25) is 0 Å². The number of methoxy groups -OCH3 is 1. The topological polar surface area (TPSA) is 146 Å². The molecule has 0 saturated carbocycles. The Kier molecular flexibility index (Phi) is 4.81. The minimum absolute atomic E-state index is 0.00239. The van der Waals surface area contributed by atoms with Gasteiger partial charge in [0.25, 0.3) is 11.7 Å². The third-order valence-electron chi connectivity index (χ3n) is 3.73. The SMILES string of the molecule is COc1c(/C=C/C(N)=O)c(CS(=O)(=O)c2nccs2)cc2c1NC(=O)C2=O. The van der Waals surface area contributed by atoms with Gasteiger partial charge in [0, 0.05) is 23.2 Å². The summed E-state index contributed by atoms with van der Waals surface area (Å²) in [6.45, 7) is 0. The number of thiazole rings is 1. The van der Waals surface area contributed by atoms with Crippen molar-refractivity contribution in [1.82, 2.24) is 4.98 Å². The van der Waals surface area contributed by atoms with E-state index in [2.05, 4.69) is 10.3 Å². The first kappa shape index (κ1) is 18.7. The molecule has 2 amide bonds. The molecule has 0 aliphatic carbocycles. The number of rotatable bonds is 6. The Balaban J connectivity index is 2.21. The Hall–Kier alpha value is -3.05. The molecule has 3 N–H and O–H groups in total. The van der Waals surface area contributed by atoms with Crippen LogP contribution in [0.4, 0.5) is 5.69 Å². The number of ether oxygens (including phenoxy) is 1. The van der Waals surface area contributed by atoms with E-state index < -0.39 is 33.2 Å². The maximum absolute atomic E-state index is 12.6. The molecule has 1 aromatic carbocycles. The largest absolute Gasteiger partial charge is 0.494 e. The van der Waals surface area contributed by atoms with E-state index >= 15 is 0 Å². The molecular weight excluding hydrogens is 394 g/mol. The van der Waals surface area contributed by atoms with Gasteiger partial charge < -0.3 is 15.8 Å². The average Bonchev–Trinajstić information content (AvgIpc) is 3.23. The first-order chi connectivity index (χ1) is 12.7.